The van der Waals surface area contributed by atoms with Crippen molar-refractivity contribution in [2.75, 3.05) is 25.1 Å². The van der Waals surface area contributed by atoms with E-state index in [9.17, 15) is 15.0 Å². The van der Waals surface area contributed by atoms with Crippen LogP contribution in [0.15, 0.2) is 97.1 Å². The molecule has 0 aromatic heterocycles. The van der Waals surface area contributed by atoms with Crippen LogP contribution in [0.4, 0.5) is 10.5 Å². The molecule has 0 aliphatic heterocycles. The fourth-order valence-corrected chi connectivity index (χ4v) is 4.00. The second-order valence-corrected chi connectivity index (χ2v) is 8.07. The van der Waals surface area contributed by atoms with Crippen LogP contribution in [0.25, 0.3) is 10.8 Å². The normalized spacial score (nSPS) is 12.5. The van der Waals surface area contributed by atoms with Gasteiger partial charge in [-0.2, -0.15) is 0 Å². The van der Waals surface area contributed by atoms with E-state index in [2.05, 4.69) is 5.32 Å². The second kappa shape index (κ2) is 12.6. The fourth-order valence-electron chi connectivity index (χ4n) is 4.00. The summed E-state index contributed by atoms with van der Waals surface area (Å²) in [6.45, 7) is -0.264. The minimum Gasteiger partial charge on any atom is -0.491 e. The molecule has 36 heavy (non-hydrogen) atoms. The van der Waals surface area contributed by atoms with Crippen molar-refractivity contribution in [3.05, 3.63) is 103 Å². The van der Waals surface area contributed by atoms with Gasteiger partial charge in [0.05, 0.1) is 12.3 Å². The van der Waals surface area contributed by atoms with Crippen LogP contribution in [0.1, 0.15) is 18.1 Å². The van der Waals surface area contributed by atoms with Crippen LogP contribution < -0.4 is 14.8 Å². The van der Waals surface area contributed by atoms with Crippen molar-refractivity contribution in [3.8, 4) is 11.5 Å². The topological polar surface area (TPSA) is 97.3 Å². The number of carbonyl (C=O) groups excluding carboxylic acids is 1. The molecule has 4 rings (SSSR count). The highest BCUT2D eigenvalue weighted by Crippen LogP contribution is 2.34. The van der Waals surface area contributed by atoms with Gasteiger partial charge in [-0.05, 0) is 29.7 Å². The highest BCUT2D eigenvalue weighted by atomic mass is 16.6. The zero-order chi connectivity index (χ0) is 25.2. The predicted molar refractivity (Wildman–Crippen MR) is 138 cm³/mol. The first-order valence-corrected chi connectivity index (χ1v) is 11.8. The Labute approximate surface area is 209 Å². The molecule has 7 nitrogen and oxygen atoms in total. The van der Waals surface area contributed by atoms with Gasteiger partial charge in [0.1, 0.15) is 24.2 Å². The van der Waals surface area contributed by atoms with Gasteiger partial charge in [-0.25, -0.2) is 4.79 Å². The molecule has 0 aliphatic carbocycles. The maximum Gasteiger partial charge on any atom is 0.412 e. The van der Waals surface area contributed by atoms with Crippen LogP contribution in [0.2, 0.25) is 0 Å². The van der Waals surface area contributed by atoms with E-state index < -0.39 is 18.3 Å². The number of hydrogen-bond acceptors (Lipinski definition) is 6. The van der Waals surface area contributed by atoms with Crippen molar-refractivity contribution in [1.29, 1.82) is 0 Å². The smallest absolute Gasteiger partial charge is 0.412 e. The van der Waals surface area contributed by atoms with Crippen LogP contribution >= 0.6 is 0 Å². The Morgan fingerprint density at radius 3 is 2.33 bits per heavy atom. The summed E-state index contributed by atoms with van der Waals surface area (Å²) in [5, 5.41) is 23.8. The third kappa shape index (κ3) is 6.33. The maximum atomic E-state index is 13.2. The van der Waals surface area contributed by atoms with Gasteiger partial charge < -0.3 is 24.4 Å². The quantitative estimate of drug-likeness (QED) is 0.265. The van der Waals surface area contributed by atoms with Crippen LogP contribution in [0.5, 0.6) is 11.5 Å². The number of ether oxygens (including phenoxy) is 3. The van der Waals surface area contributed by atoms with E-state index in [1.807, 2.05) is 60.7 Å². The molecule has 1 amide bonds. The number of aliphatic hydroxyl groups is 2. The molecular weight excluding hydrogens is 458 g/mol. The molecule has 186 valence electrons. The summed E-state index contributed by atoms with van der Waals surface area (Å²) in [5.41, 5.74) is 1.18. The summed E-state index contributed by atoms with van der Waals surface area (Å²) in [6.07, 6.45) is -2.10. The standard InChI is InChI=1S/C29H29NO6/c31-18-17-27(35-22-11-2-1-3-12-22)28(24-14-6-7-16-26(24)34-20-19-32)36-29(33)30-25-15-8-10-21-9-4-5-13-23(21)25/h1-16,27-28,31-32H,17-20H2,(H,30,33)/t27-,28-/m1/s1. The van der Waals surface area contributed by atoms with E-state index in [-0.39, 0.29) is 26.2 Å². The number of aliphatic hydroxyl groups excluding tert-OH is 2. The molecule has 0 spiro atoms. The number of rotatable bonds is 11. The third-order valence-corrected chi connectivity index (χ3v) is 5.62. The lowest BCUT2D eigenvalue weighted by atomic mass is 10.0. The summed E-state index contributed by atoms with van der Waals surface area (Å²) in [5.74, 6) is 1.03. The van der Waals surface area contributed by atoms with E-state index in [0.717, 1.165) is 10.8 Å². The highest BCUT2D eigenvalue weighted by Gasteiger charge is 2.31. The first-order chi connectivity index (χ1) is 17.7. The third-order valence-electron chi connectivity index (χ3n) is 5.62. The lowest BCUT2D eigenvalue weighted by Crippen LogP contribution is -2.32. The molecule has 0 radical (unpaired) electrons. The number of nitrogens with one attached hydrogen (secondary N) is 1. The number of hydrogen-bond donors (Lipinski definition) is 3. The number of carbonyl (C=O) groups is 1. The maximum absolute atomic E-state index is 13.2. The minimum atomic E-state index is -0.915. The molecule has 0 heterocycles. The molecular formula is C29H29NO6. The van der Waals surface area contributed by atoms with Crippen molar-refractivity contribution in [2.45, 2.75) is 18.6 Å². The van der Waals surface area contributed by atoms with E-state index in [1.165, 1.54) is 0 Å². The molecule has 2 atom stereocenters. The number of benzene rings is 4. The van der Waals surface area contributed by atoms with Crippen LogP contribution in [-0.4, -0.2) is 42.2 Å². The minimum absolute atomic E-state index is 0.0795. The predicted octanol–water partition coefficient (Wildman–Crippen LogP) is 5.33. The lowest BCUT2D eigenvalue weighted by Gasteiger charge is -2.29. The molecule has 0 unspecified atom stereocenters. The lowest BCUT2D eigenvalue weighted by molar-refractivity contribution is 0.00752. The Morgan fingerprint density at radius 2 is 1.53 bits per heavy atom. The highest BCUT2D eigenvalue weighted by molar-refractivity contribution is 6.00. The van der Waals surface area contributed by atoms with Gasteiger partial charge in [-0.1, -0.05) is 72.8 Å². The van der Waals surface area contributed by atoms with E-state index in [4.69, 9.17) is 14.2 Å². The Morgan fingerprint density at radius 1 is 0.806 bits per heavy atom. The zero-order valence-corrected chi connectivity index (χ0v) is 19.7. The summed E-state index contributed by atoms with van der Waals surface area (Å²) in [6, 6.07) is 29.6. The monoisotopic (exact) mass is 487 g/mol. The van der Waals surface area contributed by atoms with Crippen molar-refractivity contribution in [1.82, 2.24) is 0 Å². The first-order valence-electron chi connectivity index (χ1n) is 11.8. The Hall–Kier alpha value is -4.07. The molecule has 0 fully saturated rings. The van der Waals surface area contributed by atoms with Gasteiger partial charge in [-0.15, -0.1) is 0 Å². The second-order valence-electron chi connectivity index (χ2n) is 8.07. The Balaban J connectivity index is 1.66. The van der Waals surface area contributed by atoms with Gasteiger partial charge in [0, 0.05) is 24.0 Å². The molecule has 4 aromatic rings. The molecule has 0 saturated heterocycles. The van der Waals surface area contributed by atoms with Crippen molar-refractivity contribution in [3.63, 3.8) is 0 Å². The Kier molecular flexibility index (Phi) is 8.75. The van der Waals surface area contributed by atoms with E-state index in [1.54, 1.807) is 36.4 Å². The zero-order valence-electron chi connectivity index (χ0n) is 19.7. The molecule has 7 heteroatoms. The largest absolute Gasteiger partial charge is 0.491 e. The van der Waals surface area contributed by atoms with Crippen LogP contribution in [0.3, 0.4) is 0 Å². The van der Waals surface area contributed by atoms with Crippen LogP contribution in [-0.2, 0) is 4.74 Å². The van der Waals surface area contributed by atoms with Gasteiger partial charge in [0.15, 0.2) is 6.10 Å². The van der Waals surface area contributed by atoms with E-state index >= 15 is 0 Å². The summed E-state index contributed by atoms with van der Waals surface area (Å²) >= 11 is 0. The molecule has 0 aliphatic rings. The first kappa shape index (κ1) is 25.0. The van der Waals surface area contributed by atoms with Gasteiger partial charge >= 0.3 is 6.09 Å². The molecule has 3 N–H and O–H groups in total. The summed E-state index contributed by atoms with van der Waals surface area (Å²) in [4.78, 5) is 13.2. The number of para-hydroxylation sites is 2. The number of amides is 1. The van der Waals surface area contributed by atoms with Gasteiger partial charge in [0.25, 0.3) is 0 Å². The van der Waals surface area contributed by atoms with Crippen molar-refractivity contribution in [2.24, 2.45) is 0 Å². The van der Waals surface area contributed by atoms with Gasteiger partial charge in [-0.3, -0.25) is 5.32 Å². The molecule has 0 bridgehead atoms. The Bertz CT molecular complexity index is 1260. The summed E-state index contributed by atoms with van der Waals surface area (Å²) in [7, 11) is 0. The molecule has 4 aromatic carbocycles. The average molecular weight is 488 g/mol. The summed E-state index contributed by atoms with van der Waals surface area (Å²) < 4.78 is 17.9. The number of fused-ring (bicyclic) bond motifs is 1. The average Bonchev–Trinajstić information content (AvgIpc) is 2.91. The van der Waals surface area contributed by atoms with Crippen molar-refractivity contribution >= 4 is 22.6 Å². The van der Waals surface area contributed by atoms with E-state index in [0.29, 0.717) is 22.7 Å². The number of anilines is 1. The van der Waals surface area contributed by atoms with Crippen LogP contribution in [0, 0.1) is 0 Å². The fraction of sp³-hybridized carbons (Fsp3) is 0.207. The van der Waals surface area contributed by atoms with Crippen molar-refractivity contribution < 1.29 is 29.2 Å². The molecule has 0 saturated carbocycles. The SMILES string of the molecule is O=C(Nc1cccc2ccccc12)O[C@H](c1ccccc1OCCO)[C@@H](CCO)Oc1ccccc1. The van der Waals surface area contributed by atoms with Gasteiger partial charge in [0.2, 0.25) is 0 Å².